The van der Waals surface area contributed by atoms with E-state index in [4.69, 9.17) is 9.47 Å². The lowest BCUT2D eigenvalue weighted by Crippen LogP contribution is -2.06. The molecule has 0 saturated heterocycles. The Morgan fingerprint density at radius 1 is 1.23 bits per heavy atom. The first-order chi connectivity index (χ1) is 10.5. The molecule has 120 valence electrons. The third-order valence-corrected chi connectivity index (χ3v) is 3.18. The van der Waals surface area contributed by atoms with Gasteiger partial charge in [-0.25, -0.2) is 4.79 Å². The second kappa shape index (κ2) is 8.93. The molecule has 0 aliphatic rings. The van der Waals surface area contributed by atoms with Crippen LogP contribution < -0.4 is 4.74 Å². The van der Waals surface area contributed by atoms with Gasteiger partial charge in [0.05, 0.1) is 7.11 Å². The number of phenols is 1. The normalized spacial score (nSPS) is 11.0. The van der Waals surface area contributed by atoms with Crippen molar-refractivity contribution in [2.45, 2.75) is 33.6 Å². The first-order valence-corrected chi connectivity index (χ1v) is 7.27. The molecule has 1 aromatic rings. The van der Waals surface area contributed by atoms with E-state index in [1.165, 1.54) is 24.3 Å². The molecule has 0 bridgehead atoms. The van der Waals surface area contributed by atoms with Crippen molar-refractivity contribution < 1.29 is 19.4 Å². The number of methoxy groups -OCH3 is 1. The summed E-state index contributed by atoms with van der Waals surface area (Å²) in [5, 5.41) is 9.89. The topological polar surface area (TPSA) is 55.8 Å². The minimum Gasteiger partial charge on any atom is -0.504 e. The van der Waals surface area contributed by atoms with Gasteiger partial charge in [-0.15, -0.1) is 0 Å². The van der Waals surface area contributed by atoms with Crippen LogP contribution in [-0.4, -0.2) is 24.8 Å². The zero-order valence-corrected chi connectivity index (χ0v) is 13.7. The number of esters is 1. The molecule has 0 aliphatic carbocycles. The number of carbonyl (C=O) groups is 1. The smallest absolute Gasteiger partial charge is 0.342 e. The molecular weight excluding hydrogens is 280 g/mol. The van der Waals surface area contributed by atoms with Crippen molar-refractivity contribution in [1.82, 2.24) is 0 Å². The van der Waals surface area contributed by atoms with E-state index in [9.17, 15) is 9.90 Å². The highest BCUT2D eigenvalue weighted by Gasteiger charge is 2.15. The number of carbonyl (C=O) groups excluding carboxylic acids is 1. The van der Waals surface area contributed by atoms with Gasteiger partial charge in [0.15, 0.2) is 11.5 Å². The Labute approximate surface area is 132 Å². The highest BCUT2D eigenvalue weighted by Crippen LogP contribution is 2.29. The maximum atomic E-state index is 11.9. The molecule has 0 spiro atoms. The first kappa shape index (κ1) is 17.8. The van der Waals surface area contributed by atoms with Crippen molar-refractivity contribution in [2.24, 2.45) is 0 Å². The summed E-state index contributed by atoms with van der Waals surface area (Å²) in [6.07, 6.45) is 5.98. The number of phenolic OH excluding ortho intramolecular Hbond substituents is 1. The molecule has 0 aromatic heterocycles. The second-order valence-electron chi connectivity index (χ2n) is 5.33. The van der Waals surface area contributed by atoms with E-state index in [-0.39, 0.29) is 23.7 Å². The van der Waals surface area contributed by atoms with Gasteiger partial charge in [0.25, 0.3) is 0 Å². The van der Waals surface area contributed by atoms with Crippen molar-refractivity contribution >= 4 is 5.97 Å². The standard InChI is InChI=1S/C18H24O4/c1-13(2)7-5-8-14(3)11-12-22-18(20)15-9-6-10-16(21-4)17(15)19/h6-7,9-11,19H,5,8,12H2,1-4H3/b14-11+. The van der Waals surface area contributed by atoms with Crippen LogP contribution >= 0.6 is 0 Å². The van der Waals surface area contributed by atoms with Crippen LogP contribution in [0.4, 0.5) is 0 Å². The van der Waals surface area contributed by atoms with Crippen LogP contribution in [0.3, 0.4) is 0 Å². The fourth-order valence-corrected chi connectivity index (χ4v) is 1.88. The van der Waals surface area contributed by atoms with E-state index in [1.54, 1.807) is 12.1 Å². The quantitative estimate of drug-likeness (QED) is 0.604. The van der Waals surface area contributed by atoms with Crippen molar-refractivity contribution in [3.05, 3.63) is 47.1 Å². The fraction of sp³-hybridized carbons (Fsp3) is 0.389. The van der Waals surface area contributed by atoms with Crippen LogP contribution in [0, 0.1) is 0 Å². The Morgan fingerprint density at radius 3 is 2.59 bits per heavy atom. The molecule has 0 heterocycles. The molecule has 0 atom stereocenters. The summed E-state index contributed by atoms with van der Waals surface area (Å²) < 4.78 is 10.1. The number of hydrogen-bond donors (Lipinski definition) is 1. The van der Waals surface area contributed by atoms with Crippen molar-refractivity contribution in [3.8, 4) is 11.5 Å². The molecule has 4 heteroatoms. The van der Waals surface area contributed by atoms with E-state index in [0.29, 0.717) is 0 Å². The molecule has 1 aromatic carbocycles. The predicted octanol–water partition coefficient (Wildman–Crippen LogP) is 4.25. The Kier molecular flexibility index (Phi) is 7.23. The van der Waals surface area contributed by atoms with Gasteiger partial charge in [-0.2, -0.15) is 0 Å². The van der Waals surface area contributed by atoms with Crippen LogP contribution in [0.2, 0.25) is 0 Å². The molecule has 0 fully saturated rings. The van der Waals surface area contributed by atoms with Crippen LogP contribution in [0.5, 0.6) is 11.5 Å². The Morgan fingerprint density at radius 2 is 1.95 bits per heavy atom. The Hall–Kier alpha value is -2.23. The third kappa shape index (κ3) is 5.64. The summed E-state index contributed by atoms with van der Waals surface area (Å²) in [5.41, 5.74) is 2.57. The molecule has 0 unspecified atom stereocenters. The van der Waals surface area contributed by atoms with Gasteiger partial charge >= 0.3 is 5.97 Å². The molecule has 1 rings (SSSR count). The van der Waals surface area contributed by atoms with Crippen LogP contribution in [0.15, 0.2) is 41.5 Å². The zero-order chi connectivity index (χ0) is 16.5. The second-order valence-corrected chi connectivity index (χ2v) is 5.33. The third-order valence-electron chi connectivity index (χ3n) is 3.18. The fourth-order valence-electron chi connectivity index (χ4n) is 1.88. The van der Waals surface area contributed by atoms with Gasteiger partial charge in [0.1, 0.15) is 12.2 Å². The largest absolute Gasteiger partial charge is 0.504 e. The van der Waals surface area contributed by atoms with E-state index in [2.05, 4.69) is 19.9 Å². The molecular formula is C18H24O4. The number of benzene rings is 1. The number of hydrogen-bond acceptors (Lipinski definition) is 4. The summed E-state index contributed by atoms with van der Waals surface area (Å²) in [5.74, 6) is -0.507. The highest BCUT2D eigenvalue weighted by atomic mass is 16.5. The predicted molar refractivity (Wildman–Crippen MR) is 87.4 cm³/mol. The molecule has 0 aliphatic heterocycles. The maximum absolute atomic E-state index is 11.9. The zero-order valence-electron chi connectivity index (χ0n) is 13.7. The summed E-state index contributed by atoms with van der Waals surface area (Å²) in [6, 6.07) is 4.72. The van der Waals surface area contributed by atoms with Crippen LogP contribution in [0.25, 0.3) is 0 Å². The molecule has 0 amide bonds. The Balaban J connectivity index is 2.54. The lowest BCUT2D eigenvalue weighted by molar-refractivity contribution is 0.0545. The summed E-state index contributed by atoms with van der Waals surface area (Å²) in [6.45, 7) is 6.34. The average Bonchev–Trinajstić information content (AvgIpc) is 2.47. The SMILES string of the molecule is COc1cccc(C(=O)OC/C=C(\C)CCC=C(C)C)c1O. The number of allylic oxidation sites excluding steroid dienone is 3. The summed E-state index contributed by atoms with van der Waals surface area (Å²) in [4.78, 5) is 11.9. The molecule has 1 N–H and O–H groups in total. The van der Waals surface area contributed by atoms with Crippen LogP contribution in [-0.2, 0) is 4.74 Å². The lowest BCUT2D eigenvalue weighted by atomic mass is 10.1. The van der Waals surface area contributed by atoms with Gasteiger partial charge in [-0.05, 0) is 51.8 Å². The first-order valence-electron chi connectivity index (χ1n) is 7.27. The average molecular weight is 304 g/mol. The van der Waals surface area contributed by atoms with Gasteiger partial charge in [0, 0.05) is 0 Å². The number of rotatable bonds is 7. The van der Waals surface area contributed by atoms with Gasteiger partial charge in [0.2, 0.25) is 0 Å². The number of para-hydroxylation sites is 1. The Bertz CT molecular complexity index is 566. The van der Waals surface area contributed by atoms with E-state index < -0.39 is 5.97 Å². The van der Waals surface area contributed by atoms with Gasteiger partial charge in [-0.3, -0.25) is 0 Å². The van der Waals surface area contributed by atoms with E-state index in [0.717, 1.165) is 12.8 Å². The van der Waals surface area contributed by atoms with E-state index >= 15 is 0 Å². The maximum Gasteiger partial charge on any atom is 0.342 e. The van der Waals surface area contributed by atoms with Gasteiger partial charge in [-0.1, -0.05) is 23.3 Å². The number of aromatic hydroxyl groups is 1. The molecule has 22 heavy (non-hydrogen) atoms. The molecule has 4 nitrogen and oxygen atoms in total. The van der Waals surface area contributed by atoms with Gasteiger partial charge < -0.3 is 14.6 Å². The highest BCUT2D eigenvalue weighted by molar-refractivity contribution is 5.93. The van der Waals surface area contributed by atoms with Crippen molar-refractivity contribution in [3.63, 3.8) is 0 Å². The lowest BCUT2D eigenvalue weighted by Gasteiger charge is -2.08. The van der Waals surface area contributed by atoms with Crippen LogP contribution in [0.1, 0.15) is 44.0 Å². The summed E-state index contributed by atoms with van der Waals surface area (Å²) >= 11 is 0. The summed E-state index contributed by atoms with van der Waals surface area (Å²) in [7, 11) is 1.43. The molecule has 0 radical (unpaired) electrons. The van der Waals surface area contributed by atoms with Crippen molar-refractivity contribution in [2.75, 3.05) is 13.7 Å². The monoisotopic (exact) mass is 304 g/mol. The number of ether oxygens (including phenoxy) is 2. The minimum atomic E-state index is -0.565. The van der Waals surface area contributed by atoms with E-state index in [1.807, 2.05) is 13.0 Å². The van der Waals surface area contributed by atoms with Crippen molar-refractivity contribution in [1.29, 1.82) is 0 Å². The minimum absolute atomic E-state index is 0.106. The molecule has 0 saturated carbocycles.